The molecular formula is C28H46N4O8. The van der Waals surface area contributed by atoms with Crippen molar-refractivity contribution in [2.75, 3.05) is 13.1 Å². The molecule has 2 rings (SSSR count). The molecule has 4 amide bonds. The summed E-state index contributed by atoms with van der Waals surface area (Å²) in [5, 5.41) is 7.77. The van der Waals surface area contributed by atoms with E-state index in [0.29, 0.717) is 6.42 Å². The lowest BCUT2D eigenvalue weighted by atomic mass is 9.85. The third-order valence-electron chi connectivity index (χ3n) is 6.41. The molecule has 12 heteroatoms. The van der Waals surface area contributed by atoms with Gasteiger partial charge < -0.3 is 35.1 Å². The van der Waals surface area contributed by atoms with Crippen molar-refractivity contribution in [3.05, 3.63) is 12.7 Å². The molecule has 12 nitrogen and oxygen atoms in total. The Bertz CT molecular complexity index is 997. The minimum Gasteiger partial charge on any atom is -0.444 e. The Morgan fingerprint density at radius 2 is 1.70 bits per heavy atom. The molecule has 0 aromatic carbocycles. The standard InChI is InChI=1S/C28H46N4O8/c1-11-13-16(19(33)23(35)29-14-12-2)30-22(34)18-20-17(38-28(9,10)39-20)15-32(18)24(36)21(26(3,4)5)31-25(37)40-27(6,7)8/h12,16-18,20-21H,2,11,13-15H2,1,3-10H3,(H,29,35)(H,30,34)(H,31,37). The molecule has 2 heterocycles. The monoisotopic (exact) mass is 566 g/mol. The van der Waals surface area contributed by atoms with Crippen molar-refractivity contribution >= 4 is 29.6 Å². The molecule has 5 atom stereocenters. The average molecular weight is 567 g/mol. The van der Waals surface area contributed by atoms with Gasteiger partial charge in [-0.2, -0.15) is 0 Å². The molecule has 0 saturated carbocycles. The summed E-state index contributed by atoms with van der Waals surface area (Å²) in [5.74, 6) is -3.82. The van der Waals surface area contributed by atoms with Crippen LogP contribution >= 0.6 is 0 Å². The third kappa shape index (κ3) is 8.50. The number of likely N-dealkylation sites (tertiary alicyclic amines) is 1. The molecule has 0 aromatic heterocycles. The Labute approximate surface area is 236 Å². The largest absolute Gasteiger partial charge is 0.444 e. The number of fused-ring (bicyclic) bond motifs is 1. The summed E-state index contributed by atoms with van der Waals surface area (Å²) >= 11 is 0. The predicted molar refractivity (Wildman–Crippen MR) is 147 cm³/mol. The van der Waals surface area contributed by atoms with E-state index in [1.807, 2.05) is 6.92 Å². The zero-order valence-electron chi connectivity index (χ0n) is 25.2. The molecule has 2 aliphatic heterocycles. The number of ether oxygens (including phenoxy) is 3. The lowest BCUT2D eigenvalue weighted by Gasteiger charge is -2.37. The van der Waals surface area contributed by atoms with Crippen LogP contribution in [0.5, 0.6) is 0 Å². The van der Waals surface area contributed by atoms with Crippen molar-refractivity contribution in [1.29, 1.82) is 0 Å². The van der Waals surface area contributed by atoms with E-state index in [-0.39, 0.29) is 19.5 Å². The molecule has 0 aliphatic carbocycles. The fraction of sp³-hybridized carbons (Fsp3) is 0.750. The number of hydrogen-bond acceptors (Lipinski definition) is 8. The minimum atomic E-state index is -1.17. The second-order valence-electron chi connectivity index (χ2n) is 12.7. The topological polar surface area (TPSA) is 152 Å². The quantitative estimate of drug-likeness (QED) is 0.267. The van der Waals surface area contributed by atoms with Gasteiger partial charge in [0.05, 0.1) is 12.6 Å². The molecule has 226 valence electrons. The van der Waals surface area contributed by atoms with E-state index < -0.39 is 76.7 Å². The van der Waals surface area contributed by atoms with Crippen LogP contribution in [-0.2, 0) is 33.4 Å². The maximum Gasteiger partial charge on any atom is 0.408 e. The van der Waals surface area contributed by atoms with Crippen LogP contribution in [-0.4, -0.2) is 89.3 Å². The molecule has 2 saturated heterocycles. The average Bonchev–Trinajstić information content (AvgIpc) is 3.29. The van der Waals surface area contributed by atoms with Crippen LogP contribution < -0.4 is 16.0 Å². The molecule has 40 heavy (non-hydrogen) atoms. The van der Waals surface area contributed by atoms with E-state index >= 15 is 0 Å². The van der Waals surface area contributed by atoms with Crippen LogP contribution in [0.3, 0.4) is 0 Å². The smallest absolute Gasteiger partial charge is 0.408 e. The van der Waals surface area contributed by atoms with Crippen LogP contribution in [0.4, 0.5) is 4.79 Å². The number of amides is 4. The molecule has 2 fully saturated rings. The highest BCUT2D eigenvalue weighted by Gasteiger charge is 2.58. The van der Waals surface area contributed by atoms with Gasteiger partial charge in [-0.25, -0.2) is 4.79 Å². The van der Waals surface area contributed by atoms with Gasteiger partial charge in [0, 0.05) is 6.54 Å². The Kier molecular flexibility index (Phi) is 10.5. The van der Waals surface area contributed by atoms with Crippen molar-refractivity contribution in [2.24, 2.45) is 5.41 Å². The first kappa shape index (κ1) is 33.2. The first-order valence-electron chi connectivity index (χ1n) is 13.7. The Morgan fingerprint density at radius 3 is 2.23 bits per heavy atom. The first-order valence-corrected chi connectivity index (χ1v) is 13.7. The van der Waals surface area contributed by atoms with Crippen LogP contribution in [0, 0.1) is 5.41 Å². The number of hydrogen-bond donors (Lipinski definition) is 3. The Balaban J connectivity index is 2.38. The molecule has 5 unspecified atom stereocenters. The third-order valence-corrected chi connectivity index (χ3v) is 6.41. The molecule has 3 N–H and O–H groups in total. The highest BCUT2D eigenvalue weighted by Crippen LogP contribution is 2.38. The van der Waals surface area contributed by atoms with Gasteiger partial charge in [-0.1, -0.05) is 40.2 Å². The lowest BCUT2D eigenvalue weighted by molar-refractivity contribution is -0.171. The van der Waals surface area contributed by atoms with Gasteiger partial charge in [-0.15, -0.1) is 6.58 Å². The normalized spacial score (nSPS) is 23.4. The number of alkyl carbamates (subject to hydrolysis) is 1. The van der Waals surface area contributed by atoms with Crippen LogP contribution in [0.2, 0.25) is 0 Å². The number of nitrogens with one attached hydrogen (secondary N) is 3. The van der Waals surface area contributed by atoms with Crippen molar-refractivity contribution in [3.8, 4) is 0 Å². The number of carbonyl (C=O) groups is 5. The molecule has 0 bridgehead atoms. The first-order chi connectivity index (χ1) is 18.3. The molecular weight excluding hydrogens is 520 g/mol. The van der Waals surface area contributed by atoms with Crippen molar-refractivity contribution in [3.63, 3.8) is 0 Å². The summed E-state index contributed by atoms with van der Waals surface area (Å²) in [6.07, 6.45) is -0.0376. The molecule has 0 radical (unpaired) electrons. The van der Waals surface area contributed by atoms with Crippen LogP contribution in [0.25, 0.3) is 0 Å². The maximum atomic E-state index is 14.0. The van der Waals surface area contributed by atoms with Gasteiger partial charge in [-0.3, -0.25) is 19.2 Å². The summed E-state index contributed by atoms with van der Waals surface area (Å²) in [4.78, 5) is 66.9. The van der Waals surface area contributed by atoms with E-state index in [0.717, 1.165) is 0 Å². The highest BCUT2D eigenvalue weighted by atomic mass is 16.8. The number of ketones is 1. The Hall–Kier alpha value is -2.99. The summed E-state index contributed by atoms with van der Waals surface area (Å²) in [6, 6.07) is -3.33. The van der Waals surface area contributed by atoms with Crippen molar-refractivity contribution in [1.82, 2.24) is 20.9 Å². The van der Waals surface area contributed by atoms with Crippen LogP contribution in [0.1, 0.15) is 75.2 Å². The molecule has 2 aliphatic rings. The van der Waals surface area contributed by atoms with Gasteiger partial charge in [0.2, 0.25) is 17.6 Å². The second kappa shape index (κ2) is 12.7. The van der Waals surface area contributed by atoms with E-state index in [1.165, 1.54) is 11.0 Å². The zero-order chi connectivity index (χ0) is 30.6. The van der Waals surface area contributed by atoms with Crippen molar-refractivity contribution in [2.45, 2.75) is 117 Å². The number of rotatable bonds is 10. The van der Waals surface area contributed by atoms with E-state index in [1.54, 1.807) is 55.4 Å². The predicted octanol–water partition coefficient (Wildman–Crippen LogP) is 1.81. The van der Waals surface area contributed by atoms with Gasteiger partial charge in [0.1, 0.15) is 29.9 Å². The van der Waals surface area contributed by atoms with Gasteiger partial charge in [-0.05, 0) is 46.5 Å². The second-order valence-corrected chi connectivity index (χ2v) is 12.7. The van der Waals surface area contributed by atoms with Crippen molar-refractivity contribution < 1.29 is 38.2 Å². The van der Waals surface area contributed by atoms with E-state index in [2.05, 4.69) is 22.5 Å². The molecule has 0 spiro atoms. The summed E-state index contributed by atoms with van der Waals surface area (Å²) in [6.45, 7) is 19.4. The fourth-order valence-electron chi connectivity index (χ4n) is 4.74. The van der Waals surface area contributed by atoms with Gasteiger partial charge in [0.25, 0.3) is 5.91 Å². The number of nitrogens with zero attached hydrogens (tertiary/aromatic N) is 1. The SMILES string of the molecule is C=CCNC(=O)C(=O)C(CCC)NC(=O)C1C2OC(C)(C)OC2CN1C(=O)C(NC(=O)OC(C)(C)C)C(C)(C)C. The van der Waals surface area contributed by atoms with Crippen LogP contribution in [0.15, 0.2) is 12.7 Å². The van der Waals surface area contributed by atoms with Gasteiger partial charge >= 0.3 is 6.09 Å². The lowest BCUT2D eigenvalue weighted by Crippen LogP contribution is -2.61. The summed E-state index contributed by atoms with van der Waals surface area (Å²) in [5.41, 5.74) is -1.54. The maximum absolute atomic E-state index is 14.0. The number of carbonyl (C=O) groups excluding carboxylic acids is 5. The minimum absolute atomic E-state index is 0.0276. The highest BCUT2D eigenvalue weighted by molar-refractivity contribution is 6.38. The Morgan fingerprint density at radius 1 is 1.07 bits per heavy atom. The zero-order valence-corrected chi connectivity index (χ0v) is 25.2. The van der Waals surface area contributed by atoms with E-state index in [4.69, 9.17) is 14.2 Å². The van der Waals surface area contributed by atoms with E-state index in [9.17, 15) is 24.0 Å². The fourth-order valence-corrected chi connectivity index (χ4v) is 4.74. The summed E-state index contributed by atoms with van der Waals surface area (Å²) in [7, 11) is 0. The summed E-state index contributed by atoms with van der Waals surface area (Å²) < 4.78 is 17.4. The van der Waals surface area contributed by atoms with Gasteiger partial charge in [0.15, 0.2) is 5.79 Å². The molecule has 0 aromatic rings. The number of Topliss-reactive ketones (excluding diaryl/α,β-unsaturated/α-hetero) is 1.